The number of rotatable bonds is 8. The van der Waals surface area contributed by atoms with Crippen LogP contribution < -0.4 is 21.3 Å². The summed E-state index contributed by atoms with van der Waals surface area (Å²) in [5.74, 6) is -0.171. The maximum atomic E-state index is 13.5. The summed E-state index contributed by atoms with van der Waals surface area (Å²) in [6.07, 6.45) is -0.543. The quantitative estimate of drug-likeness (QED) is 0.629. The molecule has 3 rings (SSSR count). The molecule has 4 N–H and O–H groups in total. The van der Waals surface area contributed by atoms with Crippen molar-refractivity contribution in [3.63, 3.8) is 0 Å². The third kappa shape index (κ3) is 5.00. The molecule has 148 valence electrons. The summed E-state index contributed by atoms with van der Waals surface area (Å²) in [5, 5.41) is 5.62. The second kappa shape index (κ2) is 8.73. The van der Waals surface area contributed by atoms with Crippen molar-refractivity contribution in [1.82, 2.24) is 5.32 Å². The number of nitrogens with two attached hydrogens (primary N) is 1. The Morgan fingerprint density at radius 2 is 2.15 bits per heavy atom. The number of nitrogens with zero attached hydrogens (tertiary/aromatic N) is 1. The fourth-order valence-electron chi connectivity index (χ4n) is 2.94. The molecule has 2 fully saturated rings. The van der Waals surface area contributed by atoms with E-state index in [0.29, 0.717) is 31.3 Å². The van der Waals surface area contributed by atoms with Crippen LogP contribution >= 0.6 is 0 Å². The van der Waals surface area contributed by atoms with Crippen molar-refractivity contribution in [2.45, 2.75) is 25.3 Å². The SMILES string of the molecule is NC[C@H](NCC1CC1)C(=O)Nc1ccc(N2CCOCC2=O)cc1C(F)F. The van der Waals surface area contributed by atoms with E-state index in [0.717, 1.165) is 12.8 Å². The van der Waals surface area contributed by atoms with Crippen LogP contribution in [0.25, 0.3) is 0 Å². The van der Waals surface area contributed by atoms with Crippen molar-refractivity contribution in [3.05, 3.63) is 23.8 Å². The van der Waals surface area contributed by atoms with Crippen LogP contribution in [0.5, 0.6) is 0 Å². The van der Waals surface area contributed by atoms with E-state index in [9.17, 15) is 18.4 Å². The Balaban J connectivity index is 1.73. The summed E-state index contributed by atoms with van der Waals surface area (Å²) in [4.78, 5) is 25.7. The first-order valence-corrected chi connectivity index (χ1v) is 9.04. The van der Waals surface area contributed by atoms with E-state index in [1.54, 1.807) is 6.07 Å². The molecule has 0 unspecified atom stereocenters. The molecule has 1 aromatic carbocycles. The molecule has 7 nitrogen and oxygen atoms in total. The van der Waals surface area contributed by atoms with Crippen LogP contribution in [0.1, 0.15) is 24.8 Å². The van der Waals surface area contributed by atoms with Gasteiger partial charge in [-0.15, -0.1) is 0 Å². The van der Waals surface area contributed by atoms with Gasteiger partial charge in [-0.25, -0.2) is 8.78 Å². The molecule has 2 amide bonds. The van der Waals surface area contributed by atoms with Crippen molar-refractivity contribution < 1.29 is 23.1 Å². The van der Waals surface area contributed by atoms with Crippen LogP contribution in [0.3, 0.4) is 0 Å². The summed E-state index contributed by atoms with van der Waals surface area (Å²) < 4.78 is 32.2. The molecule has 1 aromatic rings. The van der Waals surface area contributed by atoms with E-state index < -0.39 is 18.4 Å². The number of carbonyl (C=O) groups is 2. The molecule has 1 heterocycles. The minimum atomic E-state index is -2.80. The van der Waals surface area contributed by atoms with E-state index in [4.69, 9.17) is 10.5 Å². The van der Waals surface area contributed by atoms with E-state index in [2.05, 4.69) is 10.6 Å². The number of anilines is 2. The zero-order valence-corrected chi connectivity index (χ0v) is 14.9. The first kappa shape index (κ1) is 19.7. The van der Waals surface area contributed by atoms with Crippen LogP contribution in [0.15, 0.2) is 18.2 Å². The van der Waals surface area contributed by atoms with Gasteiger partial charge < -0.3 is 26.0 Å². The molecule has 0 spiro atoms. The lowest BCUT2D eigenvalue weighted by molar-refractivity contribution is -0.125. The number of amides is 2. The molecule has 0 aromatic heterocycles. The lowest BCUT2D eigenvalue weighted by Crippen LogP contribution is -2.46. The highest BCUT2D eigenvalue weighted by atomic mass is 19.3. The van der Waals surface area contributed by atoms with Gasteiger partial charge in [0.25, 0.3) is 12.3 Å². The molecule has 1 atom stereocenters. The van der Waals surface area contributed by atoms with Crippen molar-refractivity contribution in [2.24, 2.45) is 11.7 Å². The molecule has 9 heteroatoms. The smallest absolute Gasteiger partial charge is 0.265 e. The average molecular weight is 382 g/mol. The van der Waals surface area contributed by atoms with Gasteiger partial charge in [0.15, 0.2) is 0 Å². The zero-order valence-electron chi connectivity index (χ0n) is 14.9. The highest BCUT2D eigenvalue weighted by Crippen LogP contribution is 2.32. The molecule has 0 bridgehead atoms. The van der Waals surface area contributed by atoms with Crippen molar-refractivity contribution in [2.75, 3.05) is 43.1 Å². The van der Waals surface area contributed by atoms with Gasteiger partial charge in [-0.1, -0.05) is 0 Å². The fraction of sp³-hybridized carbons (Fsp3) is 0.556. The number of carbonyl (C=O) groups excluding carboxylic acids is 2. The van der Waals surface area contributed by atoms with Crippen LogP contribution in [0, 0.1) is 5.92 Å². The molecule has 1 saturated heterocycles. The molecule has 1 aliphatic heterocycles. The van der Waals surface area contributed by atoms with Gasteiger partial charge >= 0.3 is 0 Å². The van der Waals surface area contributed by atoms with Crippen molar-refractivity contribution in [1.29, 1.82) is 0 Å². The number of ether oxygens (including phenoxy) is 1. The minimum Gasteiger partial charge on any atom is -0.370 e. The third-order valence-corrected chi connectivity index (χ3v) is 4.73. The molecule has 1 aliphatic carbocycles. The number of morpholine rings is 1. The Morgan fingerprint density at radius 3 is 2.78 bits per heavy atom. The Labute approximate surface area is 156 Å². The lowest BCUT2D eigenvalue weighted by Gasteiger charge is -2.27. The number of alkyl halides is 2. The van der Waals surface area contributed by atoms with Gasteiger partial charge in [-0.05, 0) is 43.5 Å². The Bertz CT molecular complexity index is 697. The molecule has 2 aliphatic rings. The average Bonchev–Trinajstić information content (AvgIpc) is 3.47. The number of halogens is 2. The predicted molar refractivity (Wildman–Crippen MR) is 96.8 cm³/mol. The molecular weight excluding hydrogens is 358 g/mol. The van der Waals surface area contributed by atoms with Gasteiger partial charge in [0.2, 0.25) is 5.91 Å². The molecule has 0 radical (unpaired) electrons. The first-order valence-electron chi connectivity index (χ1n) is 9.04. The largest absolute Gasteiger partial charge is 0.370 e. The predicted octanol–water partition coefficient (Wildman–Crippen LogP) is 1.25. The minimum absolute atomic E-state index is 0.0196. The highest BCUT2D eigenvalue weighted by Gasteiger charge is 2.26. The van der Waals surface area contributed by atoms with Gasteiger partial charge in [-0.2, -0.15) is 0 Å². The van der Waals surface area contributed by atoms with Crippen LogP contribution in [0.2, 0.25) is 0 Å². The fourth-order valence-corrected chi connectivity index (χ4v) is 2.94. The van der Waals surface area contributed by atoms with Crippen molar-refractivity contribution in [3.8, 4) is 0 Å². The third-order valence-electron chi connectivity index (χ3n) is 4.73. The Morgan fingerprint density at radius 1 is 1.37 bits per heavy atom. The second-order valence-electron chi connectivity index (χ2n) is 6.80. The highest BCUT2D eigenvalue weighted by molar-refractivity contribution is 5.97. The number of nitrogens with one attached hydrogen (secondary N) is 2. The van der Waals surface area contributed by atoms with Gasteiger partial charge in [0.1, 0.15) is 6.61 Å². The summed E-state index contributed by atoms with van der Waals surface area (Å²) >= 11 is 0. The van der Waals surface area contributed by atoms with Crippen LogP contribution in [0.4, 0.5) is 20.2 Å². The van der Waals surface area contributed by atoms with Crippen LogP contribution in [-0.2, 0) is 14.3 Å². The van der Waals surface area contributed by atoms with Gasteiger partial charge in [-0.3, -0.25) is 9.59 Å². The van der Waals surface area contributed by atoms with E-state index >= 15 is 0 Å². The Kier molecular flexibility index (Phi) is 6.35. The van der Waals surface area contributed by atoms with Gasteiger partial charge in [0, 0.05) is 30.0 Å². The second-order valence-corrected chi connectivity index (χ2v) is 6.80. The Hall–Kier alpha value is -2.10. The lowest BCUT2D eigenvalue weighted by atomic mass is 10.1. The standard InChI is InChI=1S/C18H24F2N4O3/c19-17(20)13-7-12(24-5-6-27-10-16(24)25)3-4-14(13)23-18(26)15(8-21)22-9-11-1-2-11/h3-4,7,11,15,17,22H,1-2,5-6,8-10,21H2,(H,23,26)/t15-/m0/s1. The monoisotopic (exact) mass is 382 g/mol. The summed E-state index contributed by atoms with van der Waals surface area (Å²) in [6, 6.07) is 3.53. The normalized spacial score (nSPS) is 18.7. The number of benzene rings is 1. The summed E-state index contributed by atoms with van der Waals surface area (Å²) in [5.41, 5.74) is 5.69. The number of hydrogen-bond acceptors (Lipinski definition) is 5. The molecule has 27 heavy (non-hydrogen) atoms. The van der Waals surface area contributed by atoms with Crippen LogP contribution in [-0.4, -0.2) is 50.7 Å². The maximum Gasteiger partial charge on any atom is 0.265 e. The first-order chi connectivity index (χ1) is 13.0. The molecule has 1 saturated carbocycles. The zero-order chi connectivity index (χ0) is 19.4. The van der Waals surface area contributed by atoms with Gasteiger partial charge in [0.05, 0.1) is 12.6 Å². The summed E-state index contributed by atoms with van der Waals surface area (Å²) in [7, 11) is 0. The maximum absolute atomic E-state index is 13.5. The summed E-state index contributed by atoms with van der Waals surface area (Å²) in [6.45, 7) is 1.33. The van der Waals surface area contributed by atoms with Crippen molar-refractivity contribution >= 4 is 23.2 Å². The van der Waals surface area contributed by atoms with E-state index in [1.165, 1.54) is 17.0 Å². The van der Waals surface area contributed by atoms with E-state index in [-0.39, 0.29) is 30.3 Å². The topological polar surface area (TPSA) is 96.7 Å². The van der Waals surface area contributed by atoms with E-state index in [1.807, 2.05) is 0 Å². The number of hydrogen-bond donors (Lipinski definition) is 3. The molecular formula is C18H24F2N4O3.